The van der Waals surface area contributed by atoms with E-state index in [2.05, 4.69) is 12.2 Å². The fourth-order valence-electron chi connectivity index (χ4n) is 2.53. The molecule has 0 unspecified atom stereocenters. The number of non-ortho nitro benzene ring substituents is 1. The topological polar surface area (TPSA) is 81.5 Å². The molecule has 0 heterocycles. The zero-order chi connectivity index (χ0) is 19.5. The number of para-hydroxylation sites is 1. The van der Waals surface area contributed by atoms with Gasteiger partial charge in [-0.05, 0) is 42.5 Å². The third-order valence-electron chi connectivity index (χ3n) is 3.86. The Balaban J connectivity index is 1.78. The Morgan fingerprint density at radius 3 is 2.81 bits per heavy atom. The van der Waals surface area contributed by atoms with Crippen LogP contribution in [0.15, 0.2) is 54.6 Å². The molecule has 2 aromatic rings. The average Bonchev–Trinajstić information content (AvgIpc) is 2.69. The van der Waals surface area contributed by atoms with Gasteiger partial charge < -0.3 is 10.1 Å². The highest BCUT2D eigenvalue weighted by Gasteiger charge is 2.05. The van der Waals surface area contributed by atoms with E-state index < -0.39 is 4.92 Å². The van der Waals surface area contributed by atoms with Crippen LogP contribution < -0.4 is 10.1 Å². The van der Waals surface area contributed by atoms with Crippen LogP contribution in [-0.2, 0) is 11.2 Å². The van der Waals surface area contributed by atoms with Crippen LogP contribution in [0, 0.1) is 10.1 Å². The molecule has 0 saturated heterocycles. The van der Waals surface area contributed by atoms with E-state index in [0.29, 0.717) is 18.7 Å². The van der Waals surface area contributed by atoms with Crippen molar-refractivity contribution in [3.05, 3.63) is 75.8 Å². The number of nitrogens with one attached hydrogen (secondary N) is 1. The van der Waals surface area contributed by atoms with Crippen LogP contribution in [0.2, 0.25) is 0 Å². The first-order valence-electron chi connectivity index (χ1n) is 9.01. The lowest BCUT2D eigenvalue weighted by atomic mass is 10.1. The smallest absolute Gasteiger partial charge is 0.270 e. The van der Waals surface area contributed by atoms with Gasteiger partial charge >= 0.3 is 0 Å². The maximum absolute atomic E-state index is 11.9. The SMILES string of the molecule is CCCOc1ccccc1CCCNC(=O)/C=C/c1cccc([N+](=O)[O-])c1. The summed E-state index contributed by atoms with van der Waals surface area (Å²) >= 11 is 0. The molecule has 0 bridgehead atoms. The number of nitro groups is 1. The molecule has 6 nitrogen and oxygen atoms in total. The molecule has 0 aliphatic rings. The lowest BCUT2D eigenvalue weighted by Gasteiger charge is -2.10. The number of amides is 1. The first-order valence-corrected chi connectivity index (χ1v) is 9.01. The number of aryl methyl sites for hydroxylation is 1. The van der Waals surface area contributed by atoms with Gasteiger partial charge in [-0.25, -0.2) is 0 Å². The molecule has 0 aliphatic heterocycles. The summed E-state index contributed by atoms with van der Waals surface area (Å²) in [6, 6.07) is 14.1. The molecule has 0 atom stereocenters. The van der Waals surface area contributed by atoms with E-state index in [9.17, 15) is 14.9 Å². The van der Waals surface area contributed by atoms with Crippen LogP contribution in [-0.4, -0.2) is 24.0 Å². The molecule has 142 valence electrons. The minimum Gasteiger partial charge on any atom is -0.493 e. The largest absolute Gasteiger partial charge is 0.493 e. The molecular weight excluding hydrogens is 344 g/mol. The monoisotopic (exact) mass is 368 g/mol. The van der Waals surface area contributed by atoms with Crippen molar-refractivity contribution in [2.45, 2.75) is 26.2 Å². The molecule has 1 amide bonds. The van der Waals surface area contributed by atoms with Gasteiger partial charge in [0.25, 0.3) is 5.69 Å². The van der Waals surface area contributed by atoms with Gasteiger partial charge in [0.2, 0.25) is 5.91 Å². The number of carbonyl (C=O) groups is 1. The number of carbonyl (C=O) groups excluding carboxylic acids is 1. The minimum absolute atomic E-state index is 0.00140. The van der Waals surface area contributed by atoms with E-state index in [1.165, 1.54) is 18.2 Å². The van der Waals surface area contributed by atoms with Crippen molar-refractivity contribution in [3.8, 4) is 5.75 Å². The number of ether oxygens (including phenoxy) is 1. The fourth-order valence-corrected chi connectivity index (χ4v) is 2.53. The van der Waals surface area contributed by atoms with Crippen LogP contribution in [0.1, 0.15) is 30.9 Å². The molecule has 2 aromatic carbocycles. The van der Waals surface area contributed by atoms with E-state index in [-0.39, 0.29) is 11.6 Å². The molecule has 6 heteroatoms. The molecule has 0 aliphatic carbocycles. The van der Waals surface area contributed by atoms with Crippen molar-refractivity contribution in [1.29, 1.82) is 0 Å². The Hall–Kier alpha value is -3.15. The summed E-state index contributed by atoms with van der Waals surface area (Å²) in [4.78, 5) is 22.2. The number of rotatable bonds is 10. The molecule has 0 aromatic heterocycles. The second-order valence-electron chi connectivity index (χ2n) is 6.04. The Kier molecular flexibility index (Phi) is 8.03. The zero-order valence-corrected chi connectivity index (χ0v) is 15.4. The Morgan fingerprint density at radius 1 is 1.22 bits per heavy atom. The Labute approximate surface area is 159 Å². The van der Waals surface area contributed by atoms with Crippen LogP contribution in [0.4, 0.5) is 5.69 Å². The van der Waals surface area contributed by atoms with Crippen LogP contribution >= 0.6 is 0 Å². The fraction of sp³-hybridized carbons (Fsp3) is 0.286. The van der Waals surface area contributed by atoms with Gasteiger partial charge in [-0.1, -0.05) is 37.3 Å². The lowest BCUT2D eigenvalue weighted by Crippen LogP contribution is -2.22. The molecule has 0 fully saturated rings. The van der Waals surface area contributed by atoms with Gasteiger partial charge in [0.05, 0.1) is 11.5 Å². The predicted octanol–water partition coefficient (Wildman–Crippen LogP) is 4.15. The highest BCUT2D eigenvalue weighted by atomic mass is 16.6. The van der Waals surface area contributed by atoms with Crippen molar-refractivity contribution in [1.82, 2.24) is 5.32 Å². The zero-order valence-electron chi connectivity index (χ0n) is 15.4. The van der Waals surface area contributed by atoms with Crippen LogP contribution in [0.3, 0.4) is 0 Å². The van der Waals surface area contributed by atoms with Crippen molar-refractivity contribution in [2.24, 2.45) is 0 Å². The van der Waals surface area contributed by atoms with Gasteiger partial charge in [-0.3, -0.25) is 14.9 Å². The molecule has 27 heavy (non-hydrogen) atoms. The highest BCUT2D eigenvalue weighted by Crippen LogP contribution is 2.19. The molecular formula is C21H24N2O4. The Bertz CT molecular complexity index is 802. The number of nitro benzene ring substituents is 1. The van der Waals surface area contributed by atoms with Gasteiger partial charge in [0.15, 0.2) is 0 Å². The predicted molar refractivity (Wildman–Crippen MR) is 106 cm³/mol. The molecule has 1 N–H and O–H groups in total. The minimum atomic E-state index is -0.459. The van der Waals surface area contributed by atoms with E-state index in [0.717, 1.165) is 30.6 Å². The lowest BCUT2D eigenvalue weighted by molar-refractivity contribution is -0.384. The van der Waals surface area contributed by atoms with Gasteiger partial charge in [0, 0.05) is 24.8 Å². The Morgan fingerprint density at radius 2 is 2.04 bits per heavy atom. The number of nitrogens with zero attached hydrogens (tertiary/aromatic N) is 1. The second kappa shape index (κ2) is 10.8. The van der Waals surface area contributed by atoms with E-state index in [4.69, 9.17) is 4.74 Å². The van der Waals surface area contributed by atoms with Crippen molar-refractivity contribution >= 4 is 17.7 Å². The number of hydrogen-bond acceptors (Lipinski definition) is 4. The van der Waals surface area contributed by atoms with Gasteiger partial charge in [-0.15, -0.1) is 0 Å². The number of benzene rings is 2. The summed E-state index contributed by atoms with van der Waals surface area (Å²) < 4.78 is 5.73. The van der Waals surface area contributed by atoms with E-state index in [1.807, 2.05) is 24.3 Å². The molecule has 2 rings (SSSR count). The molecule has 0 saturated carbocycles. The van der Waals surface area contributed by atoms with Crippen molar-refractivity contribution in [3.63, 3.8) is 0 Å². The van der Waals surface area contributed by atoms with Crippen molar-refractivity contribution in [2.75, 3.05) is 13.2 Å². The standard InChI is InChI=1S/C21H24N2O4/c1-2-15-27-20-11-4-3-8-18(20)9-6-14-22-21(24)13-12-17-7-5-10-19(16-17)23(25)26/h3-5,7-8,10-13,16H,2,6,9,14-15H2,1H3,(H,22,24)/b13-12+. The highest BCUT2D eigenvalue weighted by molar-refractivity contribution is 5.91. The molecule has 0 spiro atoms. The normalized spacial score (nSPS) is 10.7. The summed E-state index contributed by atoms with van der Waals surface area (Å²) in [6.07, 6.45) is 5.52. The maximum Gasteiger partial charge on any atom is 0.270 e. The average molecular weight is 368 g/mol. The first-order chi connectivity index (χ1) is 13.1. The molecule has 0 radical (unpaired) electrons. The summed E-state index contributed by atoms with van der Waals surface area (Å²) in [5.41, 5.74) is 1.75. The third kappa shape index (κ3) is 6.93. The summed E-state index contributed by atoms with van der Waals surface area (Å²) in [7, 11) is 0. The number of hydrogen-bond donors (Lipinski definition) is 1. The third-order valence-corrected chi connectivity index (χ3v) is 3.86. The quantitative estimate of drug-likeness (QED) is 0.296. The van der Waals surface area contributed by atoms with Gasteiger partial charge in [-0.2, -0.15) is 0 Å². The van der Waals surface area contributed by atoms with E-state index in [1.54, 1.807) is 18.2 Å². The summed E-state index contributed by atoms with van der Waals surface area (Å²) in [6.45, 7) is 3.30. The first kappa shape index (κ1) is 20.2. The van der Waals surface area contributed by atoms with Crippen LogP contribution in [0.5, 0.6) is 5.75 Å². The maximum atomic E-state index is 11.9. The van der Waals surface area contributed by atoms with E-state index >= 15 is 0 Å². The summed E-state index contributed by atoms with van der Waals surface area (Å²) in [5, 5.41) is 13.6. The second-order valence-corrected chi connectivity index (χ2v) is 6.04. The van der Waals surface area contributed by atoms with Crippen LogP contribution in [0.25, 0.3) is 6.08 Å². The van der Waals surface area contributed by atoms with Gasteiger partial charge in [0.1, 0.15) is 5.75 Å². The van der Waals surface area contributed by atoms with Crippen molar-refractivity contribution < 1.29 is 14.5 Å². The summed E-state index contributed by atoms with van der Waals surface area (Å²) in [5.74, 6) is 0.674.